The van der Waals surface area contributed by atoms with Crippen LogP contribution in [0.2, 0.25) is 0 Å². The van der Waals surface area contributed by atoms with Gasteiger partial charge < -0.3 is 14.1 Å². The number of benzene rings is 1. The summed E-state index contributed by atoms with van der Waals surface area (Å²) in [6.07, 6.45) is 4.74. The number of rotatable bonds is 4. The number of aromatic nitrogens is 6. The molecular formula is C24H23N7O4. The minimum atomic E-state index is -0.417. The van der Waals surface area contributed by atoms with Crippen LogP contribution in [0.15, 0.2) is 56.9 Å². The number of aromatic amines is 1. The van der Waals surface area contributed by atoms with E-state index in [1.165, 1.54) is 10.9 Å². The Labute approximate surface area is 198 Å². The predicted octanol–water partition coefficient (Wildman–Crippen LogP) is 2.90. The summed E-state index contributed by atoms with van der Waals surface area (Å²) in [4.78, 5) is 42.3. The van der Waals surface area contributed by atoms with Crippen LogP contribution < -0.4 is 21.1 Å². The van der Waals surface area contributed by atoms with Crippen molar-refractivity contribution in [1.29, 1.82) is 0 Å². The first-order valence-electron chi connectivity index (χ1n) is 11.4. The van der Waals surface area contributed by atoms with Crippen LogP contribution in [0.1, 0.15) is 24.4 Å². The van der Waals surface area contributed by atoms with Crippen molar-refractivity contribution in [2.75, 3.05) is 18.0 Å². The van der Waals surface area contributed by atoms with Crippen molar-refractivity contribution in [2.45, 2.75) is 25.8 Å². The number of hydrogen-bond acceptors (Lipinski definition) is 8. The van der Waals surface area contributed by atoms with Crippen molar-refractivity contribution in [2.24, 2.45) is 7.05 Å². The second kappa shape index (κ2) is 8.12. The van der Waals surface area contributed by atoms with E-state index in [1.807, 2.05) is 29.7 Å². The van der Waals surface area contributed by atoms with Crippen LogP contribution in [0.25, 0.3) is 22.3 Å². The summed E-state index contributed by atoms with van der Waals surface area (Å²) in [5.74, 6) is 1.26. The number of anilines is 1. The van der Waals surface area contributed by atoms with Gasteiger partial charge in [-0.25, -0.2) is 24.5 Å². The van der Waals surface area contributed by atoms with Crippen LogP contribution in [-0.2, 0) is 7.05 Å². The van der Waals surface area contributed by atoms with E-state index in [2.05, 4.69) is 24.8 Å². The van der Waals surface area contributed by atoms with Crippen LogP contribution in [0.3, 0.4) is 0 Å². The zero-order valence-corrected chi connectivity index (χ0v) is 19.3. The van der Waals surface area contributed by atoms with Gasteiger partial charge in [-0.3, -0.25) is 14.1 Å². The summed E-state index contributed by atoms with van der Waals surface area (Å²) in [7, 11) is 1.67. The first-order valence-corrected chi connectivity index (χ1v) is 11.4. The first kappa shape index (κ1) is 21.1. The highest BCUT2D eigenvalue weighted by Gasteiger charge is 2.25. The lowest BCUT2D eigenvalue weighted by Crippen LogP contribution is -2.37. The Kier molecular flexibility index (Phi) is 4.90. The molecule has 0 amide bonds. The number of fused-ring (bicyclic) bond motifs is 2. The fraction of sp³-hybridized carbons (Fsp3) is 0.292. The van der Waals surface area contributed by atoms with E-state index in [1.54, 1.807) is 25.4 Å². The van der Waals surface area contributed by atoms with Crippen LogP contribution in [0.4, 0.5) is 5.82 Å². The molecule has 1 aliphatic heterocycles. The van der Waals surface area contributed by atoms with E-state index in [4.69, 9.17) is 9.15 Å². The second-order valence-corrected chi connectivity index (χ2v) is 8.72. The Morgan fingerprint density at radius 2 is 1.94 bits per heavy atom. The molecule has 1 N–H and O–H groups in total. The van der Waals surface area contributed by atoms with Gasteiger partial charge in [0.15, 0.2) is 11.2 Å². The Morgan fingerprint density at radius 1 is 1.11 bits per heavy atom. The molecule has 0 aliphatic carbocycles. The SMILES string of the molecule is Cc1cc(Oc2cc(N3CCC(n4c(=O)[nH]c5ncccc54)CC3)ncn2)cc2oc(=O)n(C)c12. The fourth-order valence-corrected chi connectivity index (χ4v) is 4.89. The van der Waals surface area contributed by atoms with E-state index in [0.717, 1.165) is 48.3 Å². The highest BCUT2D eigenvalue weighted by molar-refractivity contribution is 5.78. The van der Waals surface area contributed by atoms with Crippen molar-refractivity contribution >= 4 is 28.1 Å². The third-order valence-corrected chi connectivity index (χ3v) is 6.54. The molecule has 1 aliphatic rings. The maximum Gasteiger partial charge on any atom is 0.419 e. The van der Waals surface area contributed by atoms with Gasteiger partial charge in [0, 0.05) is 44.5 Å². The molecule has 1 saturated heterocycles. The maximum atomic E-state index is 12.5. The van der Waals surface area contributed by atoms with Crippen molar-refractivity contribution in [3.8, 4) is 11.6 Å². The number of nitrogens with one attached hydrogen (secondary N) is 1. The molecule has 178 valence electrons. The number of aryl methyl sites for hydroxylation is 2. The number of pyridine rings is 1. The second-order valence-electron chi connectivity index (χ2n) is 8.72. The minimum absolute atomic E-state index is 0.0875. The topological polar surface area (TPSA) is 124 Å². The molecule has 0 unspecified atom stereocenters. The van der Waals surface area contributed by atoms with Gasteiger partial charge in [-0.15, -0.1) is 0 Å². The van der Waals surface area contributed by atoms with Crippen molar-refractivity contribution in [1.82, 2.24) is 29.1 Å². The molecule has 35 heavy (non-hydrogen) atoms. The Morgan fingerprint density at radius 3 is 2.77 bits per heavy atom. The number of ether oxygens (including phenoxy) is 1. The van der Waals surface area contributed by atoms with Crippen molar-refractivity contribution < 1.29 is 9.15 Å². The quantitative estimate of drug-likeness (QED) is 0.423. The van der Waals surface area contributed by atoms with Crippen molar-refractivity contribution in [3.05, 3.63) is 69.5 Å². The summed E-state index contributed by atoms with van der Waals surface area (Å²) in [6.45, 7) is 3.37. The Balaban J connectivity index is 1.20. The Bertz CT molecular complexity index is 1670. The summed E-state index contributed by atoms with van der Waals surface area (Å²) in [5.41, 5.74) is 3.38. The van der Waals surface area contributed by atoms with Crippen LogP contribution in [0.5, 0.6) is 11.6 Å². The number of imidazole rings is 1. The Hall–Kier alpha value is -4.41. The van der Waals surface area contributed by atoms with Gasteiger partial charge in [0.1, 0.15) is 17.9 Å². The summed E-state index contributed by atoms with van der Waals surface area (Å²) in [5, 5.41) is 0. The van der Waals surface area contributed by atoms with Crippen molar-refractivity contribution in [3.63, 3.8) is 0 Å². The zero-order chi connectivity index (χ0) is 24.1. The fourth-order valence-electron chi connectivity index (χ4n) is 4.89. The molecule has 6 rings (SSSR count). The summed E-state index contributed by atoms with van der Waals surface area (Å²) < 4.78 is 14.6. The predicted molar refractivity (Wildman–Crippen MR) is 129 cm³/mol. The first-order chi connectivity index (χ1) is 17.0. The minimum Gasteiger partial charge on any atom is -0.439 e. The number of hydrogen-bond donors (Lipinski definition) is 1. The van der Waals surface area contributed by atoms with Gasteiger partial charge in [-0.2, -0.15) is 0 Å². The molecule has 4 aromatic heterocycles. The molecule has 5 heterocycles. The van der Waals surface area contributed by atoms with E-state index < -0.39 is 5.76 Å². The molecule has 5 aromatic rings. The molecule has 11 heteroatoms. The molecular weight excluding hydrogens is 450 g/mol. The third-order valence-electron chi connectivity index (χ3n) is 6.54. The van der Waals surface area contributed by atoms with Crippen LogP contribution in [0, 0.1) is 6.92 Å². The lowest BCUT2D eigenvalue weighted by atomic mass is 10.0. The van der Waals surface area contributed by atoms with E-state index in [-0.39, 0.29) is 11.7 Å². The molecule has 0 atom stereocenters. The number of H-pyrrole nitrogens is 1. The largest absolute Gasteiger partial charge is 0.439 e. The highest BCUT2D eigenvalue weighted by Crippen LogP contribution is 2.30. The van der Waals surface area contributed by atoms with Crippen LogP contribution in [-0.4, -0.2) is 42.2 Å². The van der Waals surface area contributed by atoms with E-state index in [0.29, 0.717) is 22.9 Å². The van der Waals surface area contributed by atoms with Gasteiger partial charge in [-0.05, 0) is 43.5 Å². The summed E-state index contributed by atoms with van der Waals surface area (Å²) in [6, 6.07) is 9.17. The van der Waals surface area contributed by atoms with Gasteiger partial charge in [-0.1, -0.05) is 0 Å². The molecule has 0 saturated carbocycles. The molecule has 0 bridgehead atoms. The molecule has 11 nitrogen and oxygen atoms in total. The third kappa shape index (κ3) is 3.65. The van der Waals surface area contributed by atoms with E-state index in [9.17, 15) is 9.59 Å². The average molecular weight is 473 g/mol. The van der Waals surface area contributed by atoms with Gasteiger partial charge in [0.2, 0.25) is 5.88 Å². The van der Waals surface area contributed by atoms with Gasteiger partial charge in [0.05, 0.1) is 11.0 Å². The smallest absolute Gasteiger partial charge is 0.419 e. The van der Waals surface area contributed by atoms with Gasteiger partial charge in [0.25, 0.3) is 0 Å². The number of nitrogens with zero attached hydrogens (tertiary/aromatic N) is 6. The lowest BCUT2D eigenvalue weighted by molar-refractivity contribution is 0.394. The summed E-state index contributed by atoms with van der Waals surface area (Å²) >= 11 is 0. The average Bonchev–Trinajstić information content (AvgIpc) is 3.34. The maximum absolute atomic E-state index is 12.5. The highest BCUT2D eigenvalue weighted by atomic mass is 16.5. The normalized spacial score (nSPS) is 14.7. The number of piperidine rings is 1. The molecule has 1 fully saturated rings. The molecule has 1 aromatic carbocycles. The van der Waals surface area contributed by atoms with E-state index >= 15 is 0 Å². The molecule has 0 radical (unpaired) electrons. The molecule has 0 spiro atoms. The zero-order valence-electron chi connectivity index (χ0n) is 19.3. The van der Waals surface area contributed by atoms with Gasteiger partial charge >= 0.3 is 11.4 Å². The number of oxazole rings is 1. The standard InChI is InChI=1S/C24H23N7O4/c1-14-10-16(11-18-21(14)29(2)24(33)35-18)34-20-12-19(26-13-27-20)30-8-5-15(6-9-30)31-17-4-3-7-25-22(17)28-23(31)32/h3-4,7,10-13,15H,5-6,8-9H2,1-2H3,(H,25,28,32). The monoisotopic (exact) mass is 473 g/mol. The van der Waals surface area contributed by atoms with Crippen LogP contribution >= 0.6 is 0 Å². The lowest BCUT2D eigenvalue weighted by Gasteiger charge is -2.33.